The van der Waals surface area contributed by atoms with Crippen LogP contribution in [0.5, 0.6) is 0 Å². The number of benzene rings is 1. The van der Waals surface area contributed by atoms with E-state index in [4.69, 9.17) is 0 Å². The van der Waals surface area contributed by atoms with Gasteiger partial charge in [0, 0.05) is 31.5 Å². The van der Waals surface area contributed by atoms with Crippen molar-refractivity contribution in [3.05, 3.63) is 65.0 Å². The highest BCUT2D eigenvalue weighted by Crippen LogP contribution is 2.23. The molecule has 0 fully saturated rings. The molecule has 1 aromatic heterocycles. The third-order valence-electron chi connectivity index (χ3n) is 3.26. The van der Waals surface area contributed by atoms with Crippen LogP contribution in [-0.2, 0) is 19.6 Å². The molecule has 2 nitrogen and oxygen atoms in total. The van der Waals surface area contributed by atoms with E-state index in [-0.39, 0.29) is 0 Å². The van der Waals surface area contributed by atoms with Crippen molar-refractivity contribution in [2.24, 2.45) is 0 Å². The molecule has 86 valence electrons. The smallest absolute Gasteiger partial charge is 0.0376 e. The van der Waals surface area contributed by atoms with Gasteiger partial charge >= 0.3 is 0 Å². The van der Waals surface area contributed by atoms with Gasteiger partial charge in [-0.2, -0.15) is 0 Å². The Bertz CT molecular complexity index is 520. The molecule has 0 amide bonds. The van der Waals surface area contributed by atoms with Crippen molar-refractivity contribution in [3.63, 3.8) is 0 Å². The third-order valence-corrected chi connectivity index (χ3v) is 3.26. The molecule has 2 aromatic rings. The molecule has 0 N–H and O–H groups in total. The predicted octanol–water partition coefficient (Wildman–Crippen LogP) is 2.91. The first kappa shape index (κ1) is 10.5. The van der Waals surface area contributed by atoms with Gasteiger partial charge in [-0.1, -0.05) is 30.3 Å². The second kappa shape index (κ2) is 4.30. The standard InChI is InChI=1S/C15H16N2/c1-12-7-14-10-17(11-15(14)8-16-12)9-13-5-3-2-4-6-13/h2-8H,9-11H2,1H3. The summed E-state index contributed by atoms with van der Waals surface area (Å²) < 4.78 is 0. The SMILES string of the molecule is Cc1cc2c(cn1)CN(Cc1ccccc1)C2. The van der Waals surface area contributed by atoms with Crippen molar-refractivity contribution in [2.75, 3.05) is 0 Å². The van der Waals surface area contributed by atoms with Gasteiger partial charge in [0.05, 0.1) is 0 Å². The number of aryl methyl sites for hydroxylation is 1. The largest absolute Gasteiger partial charge is 0.290 e. The van der Waals surface area contributed by atoms with Crippen LogP contribution in [0.1, 0.15) is 22.4 Å². The minimum atomic E-state index is 1.02. The Balaban J connectivity index is 1.74. The molecule has 1 aromatic carbocycles. The van der Waals surface area contributed by atoms with E-state index in [9.17, 15) is 0 Å². The normalized spacial score (nSPS) is 14.9. The van der Waals surface area contributed by atoms with Crippen molar-refractivity contribution in [1.29, 1.82) is 0 Å². The van der Waals surface area contributed by atoms with Crippen LogP contribution in [0.2, 0.25) is 0 Å². The summed E-state index contributed by atoms with van der Waals surface area (Å²) in [5, 5.41) is 0. The third kappa shape index (κ3) is 2.22. The zero-order valence-corrected chi connectivity index (χ0v) is 10.1. The minimum absolute atomic E-state index is 1.02. The van der Waals surface area contributed by atoms with Gasteiger partial charge in [-0.05, 0) is 29.7 Å². The van der Waals surface area contributed by atoms with Gasteiger partial charge in [-0.3, -0.25) is 9.88 Å². The lowest BCUT2D eigenvalue weighted by Crippen LogP contribution is -2.15. The average molecular weight is 224 g/mol. The summed E-state index contributed by atoms with van der Waals surface area (Å²) in [4.78, 5) is 6.83. The second-order valence-electron chi connectivity index (χ2n) is 4.73. The minimum Gasteiger partial charge on any atom is -0.290 e. The summed E-state index contributed by atoms with van der Waals surface area (Å²) in [6.07, 6.45) is 2.02. The lowest BCUT2D eigenvalue weighted by atomic mass is 10.2. The Kier molecular flexibility index (Phi) is 2.65. The van der Waals surface area contributed by atoms with E-state index in [2.05, 4.69) is 53.2 Å². The van der Waals surface area contributed by atoms with E-state index in [1.54, 1.807) is 0 Å². The summed E-state index contributed by atoms with van der Waals surface area (Å²) in [6, 6.07) is 12.9. The second-order valence-corrected chi connectivity index (χ2v) is 4.73. The molecule has 0 spiro atoms. The topological polar surface area (TPSA) is 16.1 Å². The number of nitrogens with zero attached hydrogens (tertiary/aromatic N) is 2. The Morgan fingerprint density at radius 1 is 1.12 bits per heavy atom. The predicted molar refractivity (Wildman–Crippen MR) is 68.4 cm³/mol. The fourth-order valence-electron chi connectivity index (χ4n) is 2.43. The quantitative estimate of drug-likeness (QED) is 0.779. The summed E-state index contributed by atoms with van der Waals surface area (Å²) in [6.45, 7) is 5.15. The fourth-order valence-corrected chi connectivity index (χ4v) is 2.43. The zero-order valence-electron chi connectivity index (χ0n) is 10.1. The first-order valence-corrected chi connectivity index (χ1v) is 6.02. The van der Waals surface area contributed by atoms with Crippen molar-refractivity contribution in [2.45, 2.75) is 26.6 Å². The maximum Gasteiger partial charge on any atom is 0.0376 e. The highest BCUT2D eigenvalue weighted by Gasteiger charge is 2.18. The van der Waals surface area contributed by atoms with Crippen LogP contribution < -0.4 is 0 Å². The van der Waals surface area contributed by atoms with Crippen molar-refractivity contribution in [1.82, 2.24) is 9.88 Å². The van der Waals surface area contributed by atoms with Crippen LogP contribution in [0.3, 0.4) is 0 Å². The molecular weight excluding hydrogens is 208 g/mol. The molecule has 2 heteroatoms. The summed E-state index contributed by atoms with van der Waals surface area (Å²) >= 11 is 0. The highest BCUT2D eigenvalue weighted by atomic mass is 15.1. The number of fused-ring (bicyclic) bond motifs is 1. The summed E-state index contributed by atoms with van der Waals surface area (Å²) in [5.41, 5.74) is 5.32. The van der Waals surface area contributed by atoms with E-state index in [0.717, 1.165) is 25.3 Å². The monoisotopic (exact) mass is 224 g/mol. The molecule has 1 aliphatic rings. The Morgan fingerprint density at radius 3 is 2.71 bits per heavy atom. The van der Waals surface area contributed by atoms with Crippen LogP contribution in [0.25, 0.3) is 0 Å². The molecule has 2 heterocycles. The van der Waals surface area contributed by atoms with Crippen molar-refractivity contribution >= 4 is 0 Å². The summed E-state index contributed by atoms with van der Waals surface area (Å²) in [5.74, 6) is 0. The van der Waals surface area contributed by atoms with E-state index >= 15 is 0 Å². The molecule has 0 unspecified atom stereocenters. The van der Waals surface area contributed by atoms with Gasteiger partial charge in [0.25, 0.3) is 0 Å². The molecule has 17 heavy (non-hydrogen) atoms. The zero-order chi connectivity index (χ0) is 11.7. The van der Waals surface area contributed by atoms with E-state index in [0.29, 0.717) is 0 Å². The average Bonchev–Trinajstić information content (AvgIpc) is 2.71. The Morgan fingerprint density at radius 2 is 1.88 bits per heavy atom. The van der Waals surface area contributed by atoms with Gasteiger partial charge in [-0.25, -0.2) is 0 Å². The lowest BCUT2D eigenvalue weighted by molar-refractivity contribution is 0.275. The maximum atomic E-state index is 4.37. The van der Waals surface area contributed by atoms with Crippen LogP contribution in [0, 0.1) is 6.92 Å². The molecule has 0 aliphatic carbocycles. The highest BCUT2D eigenvalue weighted by molar-refractivity contribution is 5.30. The van der Waals surface area contributed by atoms with Gasteiger partial charge in [-0.15, -0.1) is 0 Å². The van der Waals surface area contributed by atoms with Gasteiger partial charge in [0.1, 0.15) is 0 Å². The molecule has 0 radical (unpaired) electrons. The van der Waals surface area contributed by atoms with E-state index in [1.165, 1.54) is 16.7 Å². The number of aromatic nitrogens is 1. The van der Waals surface area contributed by atoms with Gasteiger partial charge in [0.15, 0.2) is 0 Å². The number of hydrogen-bond donors (Lipinski definition) is 0. The van der Waals surface area contributed by atoms with Crippen molar-refractivity contribution < 1.29 is 0 Å². The lowest BCUT2D eigenvalue weighted by Gasteiger charge is -2.14. The molecular formula is C15H16N2. The molecule has 0 bridgehead atoms. The first-order chi connectivity index (χ1) is 8.31. The Labute approximate surface area is 102 Å². The van der Waals surface area contributed by atoms with Gasteiger partial charge in [0.2, 0.25) is 0 Å². The molecule has 1 aliphatic heterocycles. The number of rotatable bonds is 2. The number of hydrogen-bond acceptors (Lipinski definition) is 2. The van der Waals surface area contributed by atoms with Crippen LogP contribution >= 0.6 is 0 Å². The van der Waals surface area contributed by atoms with Crippen LogP contribution in [0.15, 0.2) is 42.6 Å². The van der Waals surface area contributed by atoms with Crippen molar-refractivity contribution in [3.8, 4) is 0 Å². The Hall–Kier alpha value is -1.67. The summed E-state index contributed by atoms with van der Waals surface area (Å²) in [7, 11) is 0. The van der Waals surface area contributed by atoms with E-state index < -0.39 is 0 Å². The van der Waals surface area contributed by atoms with E-state index in [1.807, 2.05) is 6.20 Å². The van der Waals surface area contributed by atoms with Crippen LogP contribution in [-0.4, -0.2) is 9.88 Å². The maximum absolute atomic E-state index is 4.37. The van der Waals surface area contributed by atoms with Gasteiger partial charge < -0.3 is 0 Å². The molecule has 0 saturated carbocycles. The fraction of sp³-hybridized carbons (Fsp3) is 0.267. The molecule has 0 atom stereocenters. The molecule has 0 saturated heterocycles. The number of pyridine rings is 1. The van der Waals surface area contributed by atoms with Crippen LogP contribution in [0.4, 0.5) is 0 Å². The molecule has 3 rings (SSSR count). The first-order valence-electron chi connectivity index (χ1n) is 6.02.